The molecule has 1 aliphatic rings. The number of rotatable bonds is 10. The van der Waals surface area contributed by atoms with Crippen molar-refractivity contribution in [1.29, 1.82) is 0 Å². The molecule has 11 heteroatoms. The van der Waals surface area contributed by atoms with Crippen molar-refractivity contribution in [2.24, 2.45) is 0 Å². The van der Waals surface area contributed by atoms with Gasteiger partial charge in [0, 0.05) is 12.6 Å². The van der Waals surface area contributed by atoms with Crippen LogP contribution in [0.4, 0.5) is 5.13 Å². The molecule has 4 rings (SSSR count). The number of hydrogen-bond acceptors (Lipinski definition) is 9. The van der Waals surface area contributed by atoms with Gasteiger partial charge < -0.3 is 14.6 Å². The second-order valence-corrected chi connectivity index (χ2v) is 9.43. The maximum Gasteiger partial charge on any atom is 0.249 e. The summed E-state index contributed by atoms with van der Waals surface area (Å²) >= 11 is 9.07. The Hall–Kier alpha value is -2.17. The van der Waals surface area contributed by atoms with Gasteiger partial charge in [0.05, 0.1) is 22.9 Å². The minimum Gasteiger partial charge on any atom is -0.419 e. The molecule has 1 saturated carbocycles. The van der Waals surface area contributed by atoms with E-state index in [1.54, 1.807) is 6.07 Å². The molecule has 2 heterocycles. The van der Waals surface area contributed by atoms with Gasteiger partial charge in [-0.25, -0.2) is 0 Å². The highest BCUT2D eigenvalue weighted by Gasteiger charge is 2.33. The van der Waals surface area contributed by atoms with Crippen LogP contribution in [0.2, 0.25) is 5.02 Å². The lowest BCUT2D eigenvalue weighted by Gasteiger charge is -2.20. The predicted molar refractivity (Wildman–Crippen MR) is 118 cm³/mol. The maximum atomic E-state index is 12.8. The molecule has 1 fully saturated rings. The van der Waals surface area contributed by atoms with Crippen molar-refractivity contribution in [3.63, 3.8) is 0 Å². The summed E-state index contributed by atoms with van der Waals surface area (Å²) in [7, 11) is 0. The second kappa shape index (κ2) is 9.76. The number of hydrogen-bond donors (Lipinski definition) is 1. The van der Waals surface area contributed by atoms with E-state index >= 15 is 0 Å². The molecule has 1 aromatic carbocycles. The number of carbonyl (C=O) groups excluding carboxylic acids is 1. The first-order valence-electron chi connectivity index (χ1n) is 9.71. The van der Waals surface area contributed by atoms with Gasteiger partial charge in [-0.2, -0.15) is 0 Å². The highest BCUT2D eigenvalue weighted by Crippen LogP contribution is 2.32. The number of nitrogens with zero attached hydrogens (tertiary/aromatic N) is 5. The minimum atomic E-state index is 0.0262. The number of aromatic nitrogens is 4. The quantitative estimate of drug-likeness (QED) is 0.442. The molecular weight excluding hydrogens is 444 g/mol. The average Bonchev–Trinajstić information content (AvgIpc) is 3.31. The first-order chi connectivity index (χ1) is 14.6. The summed E-state index contributed by atoms with van der Waals surface area (Å²) in [6, 6.07) is 7.53. The van der Waals surface area contributed by atoms with Crippen LogP contribution in [0.1, 0.15) is 32.1 Å². The van der Waals surface area contributed by atoms with Crippen LogP contribution in [0.15, 0.2) is 33.0 Å². The van der Waals surface area contributed by atoms with Gasteiger partial charge in [-0.05, 0) is 31.4 Å². The molecule has 0 aliphatic heterocycles. The summed E-state index contributed by atoms with van der Waals surface area (Å²) in [6.07, 6.45) is 3.00. The van der Waals surface area contributed by atoms with Gasteiger partial charge in [0.1, 0.15) is 0 Å². The zero-order valence-electron chi connectivity index (χ0n) is 16.4. The SMILES string of the molecule is CCCNc1nnc(SCC(=O)N(Cc2nnc(-c3ccccc3Cl)o2)C2CC2)s1. The lowest BCUT2D eigenvalue weighted by molar-refractivity contribution is -0.129. The third-order valence-electron chi connectivity index (χ3n) is 4.44. The van der Waals surface area contributed by atoms with E-state index < -0.39 is 0 Å². The molecule has 0 spiro atoms. The largest absolute Gasteiger partial charge is 0.419 e. The molecule has 158 valence electrons. The van der Waals surface area contributed by atoms with Gasteiger partial charge in [0.25, 0.3) is 0 Å². The fourth-order valence-electron chi connectivity index (χ4n) is 2.79. The van der Waals surface area contributed by atoms with E-state index in [-0.39, 0.29) is 11.9 Å². The van der Waals surface area contributed by atoms with Crippen LogP contribution >= 0.6 is 34.7 Å². The van der Waals surface area contributed by atoms with Crippen molar-refractivity contribution in [2.75, 3.05) is 17.6 Å². The van der Waals surface area contributed by atoms with E-state index in [1.165, 1.54) is 23.1 Å². The zero-order chi connectivity index (χ0) is 20.9. The van der Waals surface area contributed by atoms with Crippen molar-refractivity contribution in [2.45, 2.75) is 43.1 Å². The standard InChI is InChI=1S/C19H21ClN6O2S2/c1-2-9-21-18-24-25-19(30-18)29-11-16(27)26(12-7-8-12)10-15-22-23-17(28-15)13-5-3-4-6-14(13)20/h3-6,12H,2,7-11H2,1H3,(H,21,24). The van der Waals surface area contributed by atoms with E-state index in [0.717, 1.165) is 35.3 Å². The lowest BCUT2D eigenvalue weighted by Crippen LogP contribution is -2.34. The normalized spacial score (nSPS) is 13.4. The summed E-state index contributed by atoms with van der Waals surface area (Å²) in [5, 5.41) is 21.0. The summed E-state index contributed by atoms with van der Waals surface area (Å²) < 4.78 is 6.55. The smallest absolute Gasteiger partial charge is 0.249 e. The van der Waals surface area contributed by atoms with E-state index in [9.17, 15) is 4.79 Å². The van der Waals surface area contributed by atoms with Crippen LogP contribution in [0, 0.1) is 0 Å². The van der Waals surface area contributed by atoms with Crippen molar-refractivity contribution in [1.82, 2.24) is 25.3 Å². The van der Waals surface area contributed by atoms with E-state index in [4.69, 9.17) is 16.0 Å². The van der Waals surface area contributed by atoms with E-state index in [1.807, 2.05) is 23.1 Å². The highest BCUT2D eigenvalue weighted by atomic mass is 35.5. The van der Waals surface area contributed by atoms with Crippen molar-refractivity contribution < 1.29 is 9.21 Å². The Morgan fingerprint density at radius 2 is 2.13 bits per heavy atom. The van der Waals surface area contributed by atoms with Gasteiger partial charge in [0.2, 0.25) is 22.8 Å². The first kappa shape index (κ1) is 21.1. The number of halogens is 1. The number of nitrogens with one attached hydrogen (secondary N) is 1. The molecule has 0 radical (unpaired) electrons. The summed E-state index contributed by atoms with van der Waals surface area (Å²) in [5.41, 5.74) is 0.682. The Morgan fingerprint density at radius 1 is 1.30 bits per heavy atom. The van der Waals surface area contributed by atoms with Crippen LogP contribution in [0.5, 0.6) is 0 Å². The monoisotopic (exact) mass is 464 g/mol. The molecule has 1 aliphatic carbocycles. The Kier molecular flexibility index (Phi) is 6.86. The molecule has 2 aromatic heterocycles. The van der Waals surface area contributed by atoms with Gasteiger partial charge >= 0.3 is 0 Å². The third-order valence-corrected chi connectivity index (χ3v) is 6.77. The number of amides is 1. The Bertz CT molecular complexity index is 1010. The first-order valence-corrected chi connectivity index (χ1v) is 11.9. The summed E-state index contributed by atoms with van der Waals surface area (Å²) in [5.74, 6) is 1.08. The Balaban J connectivity index is 1.37. The average molecular weight is 465 g/mol. The lowest BCUT2D eigenvalue weighted by atomic mass is 10.2. The summed E-state index contributed by atoms with van der Waals surface area (Å²) in [6.45, 7) is 3.24. The fraction of sp³-hybridized carbons (Fsp3) is 0.421. The Morgan fingerprint density at radius 3 is 2.90 bits per heavy atom. The number of carbonyl (C=O) groups is 1. The van der Waals surface area contributed by atoms with Crippen molar-refractivity contribution in [3.05, 3.63) is 35.2 Å². The maximum absolute atomic E-state index is 12.8. The van der Waals surface area contributed by atoms with E-state index in [0.29, 0.717) is 34.7 Å². The molecule has 0 saturated heterocycles. The van der Waals surface area contributed by atoms with Gasteiger partial charge in [-0.15, -0.1) is 20.4 Å². The van der Waals surface area contributed by atoms with Crippen LogP contribution in [-0.2, 0) is 11.3 Å². The van der Waals surface area contributed by atoms with Gasteiger partial charge in [-0.3, -0.25) is 4.79 Å². The second-order valence-electron chi connectivity index (χ2n) is 6.82. The molecule has 0 atom stereocenters. The number of benzene rings is 1. The summed E-state index contributed by atoms with van der Waals surface area (Å²) in [4.78, 5) is 14.7. The van der Waals surface area contributed by atoms with Crippen molar-refractivity contribution >= 4 is 45.7 Å². The molecule has 30 heavy (non-hydrogen) atoms. The van der Waals surface area contributed by atoms with Crippen LogP contribution < -0.4 is 5.32 Å². The van der Waals surface area contributed by atoms with Gasteiger partial charge in [0.15, 0.2) is 4.34 Å². The number of anilines is 1. The topological polar surface area (TPSA) is 97.0 Å². The highest BCUT2D eigenvalue weighted by molar-refractivity contribution is 8.01. The predicted octanol–water partition coefficient (Wildman–Crippen LogP) is 4.35. The molecular formula is C19H21ClN6O2S2. The number of thioether (sulfide) groups is 1. The minimum absolute atomic E-state index is 0.0262. The molecule has 1 N–H and O–H groups in total. The molecule has 0 unspecified atom stereocenters. The van der Waals surface area contributed by atoms with Crippen molar-refractivity contribution in [3.8, 4) is 11.5 Å². The van der Waals surface area contributed by atoms with Crippen LogP contribution in [0.25, 0.3) is 11.5 Å². The molecule has 0 bridgehead atoms. The molecule has 1 amide bonds. The zero-order valence-corrected chi connectivity index (χ0v) is 18.8. The van der Waals surface area contributed by atoms with Crippen LogP contribution in [0.3, 0.4) is 0 Å². The molecule has 8 nitrogen and oxygen atoms in total. The van der Waals surface area contributed by atoms with Gasteiger partial charge in [-0.1, -0.05) is 53.8 Å². The Labute approximate surface area is 187 Å². The fourth-order valence-corrected chi connectivity index (χ4v) is 4.67. The van der Waals surface area contributed by atoms with E-state index in [2.05, 4.69) is 32.6 Å². The molecule has 3 aromatic rings. The third kappa shape index (κ3) is 5.30. The van der Waals surface area contributed by atoms with Crippen LogP contribution in [-0.4, -0.2) is 49.5 Å².